The summed E-state index contributed by atoms with van der Waals surface area (Å²) in [6.45, 7) is 4.38. The van der Waals surface area contributed by atoms with E-state index in [0.29, 0.717) is 29.9 Å². The maximum Gasteiger partial charge on any atom is 0.265 e. The first-order valence-electron chi connectivity index (χ1n) is 13.3. The zero-order valence-electron chi connectivity index (χ0n) is 22.0. The molecule has 0 saturated carbocycles. The lowest BCUT2D eigenvalue weighted by Crippen LogP contribution is -2.43. The van der Waals surface area contributed by atoms with E-state index in [4.69, 9.17) is 4.74 Å². The fraction of sp³-hybridized carbons (Fsp3) is 0.276. The van der Waals surface area contributed by atoms with Gasteiger partial charge in [-0.05, 0) is 55.0 Å². The van der Waals surface area contributed by atoms with Crippen LogP contribution in [-0.4, -0.2) is 59.3 Å². The Labute approximate surface area is 239 Å². The van der Waals surface area contributed by atoms with Gasteiger partial charge in [0, 0.05) is 57.1 Å². The Balaban J connectivity index is 1.29. The van der Waals surface area contributed by atoms with E-state index in [-0.39, 0.29) is 34.6 Å². The fourth-order valence-electron chi connectivity index (χ4n) is 4.97. The van der Waals surface area contributed by atoms with E-state index in [1.165, 1.54) is 29.1 Å². The minimum Gasteiger partial charge on any atom is -0.453 e. The molecule has 9 nitrogen and oxygen atoms in total. The lowest BCUT2D eigenvalue weighted by Gasteiger charge is -2.29. The summed E-state index contributed by atoms with van der Waals surface area (Å²) >= 11 is 1.16. The molecule has 1 unspecified atom stereocenters. The predicted molar refractivity (Wildman–Crippen MR) is 156 cm³/mol. The number of benzene rings is 3. The van der Waals surface area contributed by atoms with Gasteiger partial charge in [-0.1, -0.05) is 6.07 Å². The quantitative estimate of drug-likeness (QED) is 0.306. The van der Waals surface area contributed by atoms with Crippen LogP contribution in [0.2, 0.25) is 0 Å². The Morgan fingerprint density at radius 3 is 2.71 bits per heavy atom. The molecule has 2 saturated heterocycles. The van der Waals surface area contributed by atoms with Crippen molar-refractivity contribution in [3.8, 4) is 23.3 Å². The Kier molecular flexibility index (Phi) is 7.74. The van der Waals surface area contributed by atoms with Gasteiger partial charge in [0.1, 0.15) is 29.9 Å². The molecule has 6 rings (SSSR count). The number of nitriles is 1. The molecule has 0 aliphatic carbocycles. The van der Waals surface area contributed by atoms with Crippen LogP contribution in [0.3, 0.4) is 0 Å². The number of aromatic nitrogens is 2. The maximum atomic E-state index is 14.9. The van der Waals surface area contributed by atoms with Crippen LogP contribution >= 0.6 is 12.1 Å². The van der Waals surface area contributed by atoms with Gasteiger partial charge in [0.05, 0.1) is 22.3 Å². The third kappa shape index (κ3) is 5.69. The molecule has 0 spiro atoms. The summed E-state index contributed by atoms with van der Waals surface area (Å²) in [5.74, 6) is -0.811. The molecule has 0 bridgehead atoms. The molecule has 1 aromatic heterocycles. The van der Waals surface area contributed by atoms with Crippen molar-refractivity contribution in [1.82, 2.24) is 19.2 Å². The van der Waals surface area contributed by atoms with Gasteiger partial charge in [-0.2, -0.15) is 5.26 Å². The van der Waals surface area contributed by atoms with Crippen LogP contribution in [-0.2, 0) is 0 Å². The van der Waals surface area contributed by atoms with E-state index in [0.717, 1.165) is 44.0 Å². The first kappa shape index (κ1) is 27.0. The van der Waals surface area contributed by atoms with Crippen molar-refractivity contribution in [2.45, 2.75) is 12.6 Å². The summed E-state index contributed by atoms with van der Waals surface area (Å²) in [4.78, 5) is 20.3. The molecule has 12 heteroatoms. The predicted octanol–water partition coefficient (Wildman–Crippen LogP) is 4.62. The van der Waals surface area contributed by atoms with Crippen molar-refractivity contribution < 1.29 is 13.5 Å². The van der Waals surface area contributed by atoms with E-state index in [9.17, 15) is 18.8 Å². The van der Waals surface area contributed by atoms with Crippen molar-refractivity contribution in [2.75, 3.05) is 48.9 Å². The van der Waals surface area contributed by atoms with Crippen LogP contribution in [0.4, 0.5) is 20.2 Å². The van der Waals surface area contributed by atoms with Gasteiger partial charge in [0.25, 0.3) is 5.56 Å². The third-order valence-electron chi connectivity index (χ3n) is 7.14. The molecule has 210 valence electrons. The average Bonchev–Trinajstić information content (AvgIpc) is 3.43. The van der Waals surface area contributed by atoms with E-state index >= 15 is 0 Å². The molecule has 41 heavy (non-hydrogen) atoms. The zero-order valence-corrected chi connectivity index (χ0v) is 22.8. The normalized spacial score (nSPS) is 17.5. The molecule has 2 aliphatic rings. The molecule has 1 atom stereocenters. The van der Waals surface area contributed by atoms with Gasteiger partial charge in [-0.15, -0.1) is 0 Å². The highest BCUT2D eigenvalue weighted by Gasteiger charge is 2.23. The first-order chi connectivity index (χ1) is 20.0. The molecule has 0 radical (unpaired) electrons. The minimum atomic E-state index is -0.894. The number of hydrogen-bond donors (Lipinski definition) is 2. The van der Waals surface area contributed by atoms with E-state index < -0.39 is 12.0 Å². The zero-order chi connectivity index (χ0) is 28.3. The van der Waals surface area contributed by atoms with Crippen LogP contribution in [0.5, 0.6) is 11.5 Å². The van der Waals surface area contributed by atoms with Gasteiger partial charge >= 0.3 is 0 Å². The van der Waals surface area contributed by atoms with Crippen LogP contribution in [0.1, 0.15) is 12.0 Å². The smallest absolute Gasteiger partial charge is 0.265 e. The number of alkyl halides is 1. The number of nitrogens with zero attached hydrogens (tertiary/aromatic N) is 5. The Morgan fingerprint density at radius 1 is 1.10 bits per heavy atom. The number of rotatable bonds is 7. The van der Waals surface area contributed by atoms with Gasteiger partial charge in [0.2, 0.25) is 0 Å². The fourth-order valence-corrected chi connectivity index (χ4v) is 5.80. The molecule has 2 aliphatic heterocycles. The minimum absolute atomic E-state index is 0.0399. The Hall–Kier alpha value is -4.18. The highest BCUT2D eigenvalue weighted by molar-refractivity contribution is 7.98. The summed E-state index contributed by atoms with van der Waals surface area (Å²) in [6, 6.07) is 17.1. The summed E-state index contributed by atoms with van der Waals surface area (Å²) in [5.41, 5.74) is 2.16. The highest BCUT2D eigenvalue weighted by Crippen LogP contribution is 2.35. The molecule has 4 aromatic rings. The Morgan fingerprint density at radius 2 is 1.93 bits per heavy atom. The van der Waals surface area contributed by atoms with Crippen LogP contribution in [0.25, 0.3) is 16.6 Å². The van der Waals surface area contributed by atoms with E-state index in [2.05, 4.69) is 19.9 Å². The second-order valence-electron chi connectivity index (χ2n) is 9.84. The van der Waals surface area contributed by atoms with Gasteiger partial charge in [0.15, 0.2) is 11.6 Å². The lowest BCUT2D eigenvalue weighted by molar-refractivity contribution is 0.349. The van der Waals surface area contributed by atoms with Crippen LogP contribution < -0.4 is 25.2 Å². The number of nitrogens with one attached hydrogen (secondary N) is 2. The standard InChI is InChI=1S/C29H27F2N7O2S/c30-19-8-11-37(17-19)41-35-27-7-5-25(31)28(24(27)16-32)40-22-4-6-26-23(15-22)29(39)38(18-34-26)21-3-1-2-20(14-21)36-12-9-33-10-13-36/h1-7,14-15,18-19,33,35H,8-13,17H2. The molecule has 2 N–H and O–H groups in total. The second-order valence-corrected chi connectivity index (χ2v) is 10.7. The molecule has 2 fully saturated rings. The lowest BCUT2D eigenvalue weighted by atomic mass is 10.1. The summed E-state index contributed by atoms with van der Waals surface area (Å²) < 4.78 is 40.6. The van der Waals surface area contributed by atoms with Crippen molar-refractivity contribution in [2.24, 2.45) is 0 Å². The molecule has 3 heterocycles. The monoisotopic (exact) mass is 575 g/mol. The number of anilines is 2. The van der Waals surface area contributed by atoms with Gasteiger partial charge in [-0.3, -0.25) is 9.36 Å². The summed E-state index contributed by atoms with van der Waals surface area (Å²) in [7, 11) is 0. The average molecular weight is 576 g/mol. The molecular formula is C29H27F2N7O2S. The maximum absolute atomic E-state index is 14.9. The largest absolute Gasteiger partial charge is 0.453 e. The van der Waals surface area contributed by atoms with Crippen molar-refractivity contribution >= 4 is 34.4 Å². The highest BCUT2D eigenvalue weighted by atomic mass is 32.2. The Bertz CT molecular complexity index is 1690. The summed E-state index contributed by atoms with van der Waals surface area (Å²) in [5, 5.41) is 13.5. The topological polar surface area (TPSA) is 98.5 Å². The number of halogens is 2. The molecule has 0 amide bonds. The first-order valence-corrected chi connectivity index (χ1v) is 14.1. The van der Waals surface area contributed by atoms with Gasteiger partial charge < -0.3 is 19.7 Å². The third-order valence-corrected chi connectivity index (χ3v) is 8.04. The molecular weight excluding hydrogens is 548 g/mol. The van der Waals surface area contributed by atoms with Crippen LogP contribution in [0.15, 0.2) is 65.7 Å². The van der Waals surface area contributed by atoms with Crippen molar-refractivity contribution in [3.63, 3.8) is 0 Å². The van der Waals surface area contributed by atoms with Gasteiger partial charge in [-0.25, -0.2) is 18.1 Å². The number of fused-ring (bicyclic) bond motifs is 1. The van der Waals surface area contributed by atoms with E-state index in [1.54, 1.807) is 16.4 Å². The number of ether oxygens (including phenoxy) is 1. The van der Waals surface area contributed by atoms with E-state index in [1.807, 2.05) is 30.3 Å². The number of piperazine rings is 1. The van der Waals surface area contributed by atoms with Crippen LogP contribution in [0, 0.1) is 17.1 Å². The van der Waals surface area contributed by atoms with Crippen molar-refractivity contribution in [1.29, 1.82) is 5.26 Å². The SMILES string of the molecule is N#Cc1c(NSN2CCC(F)C2)ccc(F)c1Oc1ccc2ncn(-c3cccc(N4CCNCC4)c3)c(=O)c2c1. The molecule has 3 aromatic carbocycles. The van der Waals surface area contributed by atoms with Crippen molar-refractivity contribution in [3.05, 3.63) is 82.7 Å². The number of hydrogen-bond acceptors (Lipinski definition) is 9. The second kappa shape index (κ2) is 11.7. The summed E-state index contributed by atoms with van der Waals surface area (Å²) in [6.07, 6.45) is 1.04.